The van der Waals surface area contributed by atoms with Gasteiger partial charge in [-0.1, -0.05) is 19.8 Å². The maximum absolute atomic E-state index is 5.77. The first-order valence-corrected chi connectivity index (χ1v) is 5.52. The van der Waals surface area contributed by atoms with Gasteiger partial charge in [0.1, 0.15) is 0 Å². The van der Waals surface area contributed by atoms with Crippen molar-refractivity contribution in [2.45, 2.75) is 32.7 Å². The van der Waals surface area contributed by atoms with Crippen molar-refractivity contribution in [2.75, 3.05) is 5.73 Å². The van der Waals surface area contributed by atoms with Gasteiger partial charge in [0.05, 0.1) is 11.7 Å². The van der Waals surface area contributed by atoms with Crippen molar-refractivity contribution in [2.24, 2.45) is 0 Å². The molecule has 0 amide bonds. The van der Waals surface area contributed by atoms with Crippen LogP contribution in [0.25, 0.3) is 10.9 Å². The summed E-state index contributed by atoms with van der Waals surface area (Å²) in [5.41, 5.74) is 7.72. The van der Waals surface area contributed by atoms with E-state index in [1.165, 1.54) is 24.6 Å². The molecule has 0 bridgehead atoms. The Morgan fingerprint density at radius 1 is 1.33 bits per heavy atom. The van der Waals surface area contributed by atoms with E-state index in [0.29, 0.717) is 0 Å². The number of unbranched alkanes of at least 4 members (excludes halogenated alkanes) is 2. The van der Waals surface area contributed by atoms with Crippen molar-refractivity contribution >= 4 is 16.6 Å². The molecule has 0 aliphatic carbocycles. The number of benzene rings is 1. The summed E-state index contributed by atoms with van der Waals surface area (Å²) in [6.45, 7) is 3.19. The topological polar surface area (TPSA) is 43.8 Å². The fraction of sp³-hybridized carbons (Fsp3) is 0.417. The number of nitrogens with zero attached hydrogens (tertiary/aromatic N) is 2. The molecule has 0 unspecified atom stereocenters. The number of anilines is 1. The van der Waals surface area contributed by atoms with Crippen molar-refractivity contribution in [3.8, 4) is 0 Å². The maximum atomic E-state index is 5.77. The average Bonchev–Trinajstić information content (AvgIpc) is 2.62. The van der Waals surface area contributed by atoms with E-state index in [9.17, 15) is 0 Å². The van der Waals surface area contributed by atoms with E-state index in [2.05, 4.69) is 12.0 Å². The SMILES string of the molecule is CCCCCn1ncc2ccc(N)cc21. The molecule has 0 atom stereocenters. The van der Waals surface area contributed by atoms with Crippen LogP contribution in [-0.4, -0.2) is 9.78 Å². The molecule has 0 saturated heterocycles. The summed E-state index contributed by atoms with van der Waals surface area (Å²) in [6.07, 6.45) is 5.58. The van der Waals surface area contributed by atoms with Crippen LogP contribution in [0, 0.1) is 0 Å². The Labute approximate surface area is 89.9 Å². The number of rotatable bonds is 4. The van der Waals surface area contributed by atoms with Gasteiger partial charge in [-0.2, -0.15) is 5.10 Å². The van der Waals surface area contributed by atoms with E-state index in [0.717, 1.165) is 17.7 Å². The predicted molar refractivity (Wildman–Crippen MR) is 63.7 cm³/mol. The third-order valence-corrected chi connectivity index (χ3v) is 2.64. The molecule has 3 nitrogen and oxygen atoms in total. The Bertz CT molecular complexity index is 445. The van der Waals surface area contributed by atoms with E-state index < -0.39 is 0 Å². The number of nitrogen functional groups attached to an aromatic ring is 1. The highest BCUT2D eigenvalue weighted by molar-refractivity contribution is 5.81. The smallest absolute Gasteiger partial charge is 0.0702 e. The van der Waals surface area contributed by atoms with Gasteiger partial charge in [-0.3, -0.25) is 4.68 Å². The van der Waals surface area contributed by atoms with Crippen LogP contribution in [0.3, 0.4) is 0 Å². The molecule has 15 heavy (non-hydrogen) atoms. The third kappa shape index (κ3) is 2.12. The molecular formula is C12H17N3. The molecule has 3 heteroatoms. The van der Waals surface area contributed by atoms with Crippen LogP contribution < -0.4 is 5.73 Å². The van der Waals surface area contributed by atoms with Gasteiger partial charge in [-0.15, -0.1) is 0 Å². The molecule has 2 aromatic rings. The largest absolute Gasteiger partial charge is 0.399 e. The van der Waals surface area contributed by atoms with Gasteiger partial charge >= 0.3 is 0 Å². The molecule has 80 valence electrons. The van der Waals surface area contributed by atoms with Gasteiger partial charge in [0, 0.05) is 17.6 Å². The van der Waals surface area contributed by atoms with Crippen molar-refractivity contribution in [3.05, 3.63) is 24.4 Å². The lowest BCUT2D eigenvalue weighted by Gasteiger charge is -2.03. The van der Waals surface area contributed by atoms with E-state index >= 15 is 0 Å². The summed E-state index contributed by atoms with van der Waals surface area (Å²) >= 11 is 0. The summed E-state index contributed by atoms with van der Waals surface area (Å²) in [5, 5.41) is 5.54. The standard InChI is InChI=1S/C12H17N3/c1-2-3-4-7-15-12-8-11(13)6-5-10(12)9-14-15/h5-6,8-9H,2-4,7,13H2,1H3. The lowest BCUT2D eigenvalue weighted by molar-refractivity contribution is 0.567. The molecular weight excluding hydrogens is 186 g/mol. The number of hydrogen-bond donors (Lipinski definition) is 1. The van der Waals surface area contributed by atoms with E-state index in [1.54, 1.807) is 0 Å². The molecule has 2 N–H and O–H groups in total. The molecule has 0 fully saturated rings. The van der Waals surface area contributed by atoms with Gasteiger partial charge in [-0.05, 0) is 24.6 Å². The predicted octanol–water partition coefficient (Wildman–Crippen LogP) is 2.81. The van der Waals surface area contributed by atoms with Gasteiger partial charge in [0.2, 0.25) is 0 Å². The number of nitrogens with two attached hydrogens (primary N) is 1. The van der Waals surface area contributed by atoms with Crippen LogP contribution in [0.2, 0.25) is 0 Å². The minimum Gasteiger partial charge on any atom is -0.399 e. The summed E-state index contributed by atoms with van der Waals surface area (Å²) in [4.78, 5) is 0. The monoisotopic (exact) mass is 203 g/mol. The first-order chi connectivity index (χ1) is 7.31. The summed E-state index contributed by atoms with van der Waals surface area (Å²) in [5.74, 6) is 0. The van der Waals surface area contributed by atoms with Crippen molar-refractivity contribution in [3.63, 3.8) is 0 Å². The van der Waals surface area contributed by atoms with Crippen LogP contribution in [0.15, 0.2) is 24.4 Å². The molecule has 0 aliphatic rings. The van der Waals surface area contributed by atoms with Crippen LogP contribution >= 0.6 is 0 Å². The van der Waals surface area contributed by atoms with E-state index in [4.69, 9.17) is 5.73 Å². The molecule has 1 aromatic heterocycles. The number of hydrogen-bond acceptors (Lipinski definition) is 2. The zero-order valence-corrected chi connectivity index (χ0v) is 9.11. The minimum absolute atomic E-state index is 0.805. The molecule has 2 rings (SSSR count). The second-order valence-electron chi connectivity index (χ2n) is 3.89. The molecule has 0 aliphatic heterocycles. The Hall–Kier alpha value is -1.51. The highest BCUT2D eigenvalue weighted by Crippen LogP contribution is 2.17. The lowest BCUT2D eigenvalue weighted by atomic mass is 10.2. The Morgan fingerprint density at radius 3 is 3.00 bits per heavy atom. The zero-order valence-electron chi connectivity index (χ0n) is 9.11. The lowest BCUT2D eigenvalue weighted by Crippen LogP contribution is -1.99. The fourth-order valence-electron chi connectivity index (χ4n) is 1.78. The fourth-order valence-corrected chi connectivity index (χ4v) is 1.78. The molecule has 1 aromatic carbocycles. The van der Waals surface area contributed by atoms with Gasteiger partial charge in [0.25, 0.3) is 0 Å². The summed E-state index contributed by atoms with van der Waals surface area (Å²) in [7, 11) is 0. The Balaban J connectivity index is 2.23. The summed E-state index contributed by atoms with van der Waals surface area (Å²) in [6, 6.07) is 5.93. The maximum Gasteiger partial charge on any atom is 0.0702 e. The Kier molecular flexibility index (Phi) is 2.90. The quantitative estimate of drug-likeness (QED) is 0.613. The van der Waals surface area contributed by atoms with Crippen molar-refractivity contribution < 1.29 is 0 Å². The Morgan fingerprint density at radius 2 is 2.20 bits per heavy atom. The average molecular weight is 203 g/mol. The van der Waals surface area contributed by atoms with Crippen molar-refractivity contribution in [1.29, 1.82) is 0 Å². The second-order valence-corrected chi connectivity index (χ2v) is 3.89. The minimum atomic E-state index is 0.805. The van der Waals surface area contributed by atoms with Crippen LogP contribution in [0.5, 0.6) is 0 Å². The molecule has 0 radical (unpaired) electrons. The molecule has 0 saturated carbocycles. The van der Waals surface area contributed by atoms with Crippen molar-refractivity contribution in [1.82, 2.24) is 9.78 Å². The normalized spacial score (nSPS) is 11.0. The summed E-state index contributed by atoms with van der Waals surface area (Å²) < 4.78 is 2.04. The third-order valence-electron chi connectivity index (χ3n) is 2.64. The molecule has 1 heterocycles. The van der Waals surface area contributed by atoms with Crippen LogP contribution in [0.1, 0.15) is 26.2 Å². The van der Waals surface area contributed by atoms with Gasteiger partial charge in [-0.25, -0.2) is 0 Å². The highest BCUT2D eigenvalue weighted by Gasteiger charge is 2.01. The van der Waals surface area contributed by atoms with E-state index in [-0.39, 0.29) is 0 Å². The first kappa shape index (κ1) is 10.0. The number of aromatic nitrogens is 2. The van der Waals surface area contributed by atoms with E-state index in [1.807, 2.05) is 29.1 Å². The zero-order chi connectivity index (χ0) is 10.7. The molecule has 0 spiro atoms. The van der Waals surface area contributed by atoms with Gasteiger partial charge in [0.15, 0.2) is 0 Å². The van der Waals surface area contributed by atoms with Crippen LogP contribution in [0.4, 0.5) is 5.69 Å². The number of aryl methyl sites for hydroxylation is 1. The van der Waals surface area contributed by atoms with Crippen LogP contribution in [-0.2, 0) is 6.54 Å². The number of fused-ring (bicyclic) bond motifs is 1. The van der Waals surface area contributed by atoms with Gasteiger partial charge < -0.3 is 5.73 Å². The first-order valence-electron chi connectivity index (χ1n) is 5.52. The highest BCUT2D eigenvalue weighted by atomic mass is 15.3. The second kappa shape index (κ2) is 4.34.